The van der Waals surface area contributed by atoms with Crippen LogP contribution in [0.4, 0.5) is 0 Å². The maximum absolute atomic E-state index is 13.0. The fraction of sp³-hybridized carbons (Fsp3) is 0.231. The fourth-order valence-corrected chi connectivity index (χ4v) is 3.84. The molecular weight excluding hydrogens is 404 g/mol. The molecule has 164 valence electrons. The third-order valence-corrected chi connectivity index (χ3v) is 5.42. The Morgan fingerprint density at radius 1 is 1.12 bits per heavy atom. The Bertz CT molecular complexity index is 1160. The summed E-state index contributed by atoms with van der Waals surface area (Å²) in [6.45, 7) is 4.52. The molecule has 0 bridgehead atoms. The minimum atomic E-state index is -0.226. The summed E-state index contributed by atoms with van der Waals surface area (Å²) in [5.41, 5.74) is 3.70. The van der Waals surface area contributed by atoms with Gasteiger partial charge in [0.1, 0.15) is 11.5 Å². The van der Waals surface area contributed by atoms with Crippen LogP contribution < -0.4 is 15.4 Å². The van der Waals surface area contributed by atoms with Gasteiger partial charge in [-0.1, -0.05) is 18.2 Å². The minimum Gasteiger partial charge on any atom is -0.497 e. The van der Waals surface area contributed by atoms with Crippen LogP contribution in [0.3, 0.4) is 0 Å². The molecule has 2 aromatic carbocycles. The molecule has 3 aromatic rings. The molecule has 2 heterocycles. The lowest BCUT2D eigenvalue weighted by Gasteiger charge is -2.35. The quantitative estimate of drug-likeness (QED) is 0.448. The molecule has 6 nitrogen and oxygen atoms in total. The van der Waals surface area contributed by atoms with Crippen LogP contribution in [-0.2, 0) is 13.0 Å². The Kier molecular flexibility index (Phi) is 5.86. The molecule has 32 heavy (non-hydrogen) atoms. The lowest BCUT2D eigenvalue weighted by Crippen LogP contribution is -2.43. The van der Waals surface area contributed by atoms with Crippen LogP contribution in [0.25, 0.3) is 5.70 Å². The first-order valence-electron chi connectivity index (χ1n) is 10.5. The zero-order chi connectivity index (χ0) is 22.7. The van der Waals surface area contributed by atoms with Gasteiger partial charge in [-0.05, 0) is 62.2 Å². The van der Waals surface area contributed by atoms with Crippen LogP contribution in [0.1, 0.15) is 51.5 Å². The molecule has 4 rings (SSSR count). The van der Waals surface area contributed by atoms with Crippen molar-refractivity contribution in [2.75, 3.05) is 7.11 Å². The normalized spacial score (nSPS) is 15.5. The Labute approximate surface area is 187 Å². The second-order valence-electron chi connectivity index (χ2n) is 8.47. The van der Waals surface area contributed by atoms with Crippen molar-refractivity contribution in [2.24, 2.45) is 0 Å². The number of methoxy groups -OCH3 is 1. The van der Waals surface area contributed by atoms with E-state index in [0.29, 0.717) is 23.4 Å². The van der Waals surface area contributed by atoms with E-state index >= 15 is 0 Å². The highest BCUT2D eigenvalue weighted by molar-refractivity contribution is 6.09. The Morgan fingerprint density at radius 2 is 1.88 bits per heavy atom. The summed E-state index contributed by atoms with van der Waals surface area (Å²) < 4.78 is 10.6. The van der Waals surface area contributed by atoms with E-state index < -0.39 is 0 Å². The number of fused-ring (bicyclic) bond motifs is 1. The van der Waals surface area contributed by atoms with E-state index in [4.69, 9.17) is 9.15 Å². The number of rotatable bonds is 6. The van der Waals surface area contributed by atoms with E-state index in [-0.39, 0.29) is 17.2 Å². The lowest BCUT2D eigenvalue weighted by molar-refractivity contribution is 0.0946. The maximum atomic E-state index is 13.0. The van der Waals surface area contributed by atoms with Crippen LogP contribution in [-0.4, -0.2) is 24.3 Å². The molecule has 0 spiro atoms. The molecule has 0 fully saturated rings. The molecule has 0 saturated heterocycles. The van der Waals surface area contributed by atoms with Gasteiger partial charge in [0, 0.05) is 34.0 Å². The number of hydrogen-bond acceptors (Lipinski definition) is 5. The number of amides is 1. The highest BCUT2D eigenvalue weighted by Gasteiger charge is 2.28. The first-order chi connectivity index (χ1) is 15.3. The summed E-state index contributed by atoms with van der Waals surface area (Å²) in [6, 6.07) is 16.1. The van der Waals surface area contributed by atoms with Crippen molar-refractivity contribution in [1.29, 1.82) is 0 Å². The number of hydrogen-bond donors (Lipinski definition) is 2. The topological polar surface area (TPSA) is 80.6 Å². The summed E-state index contributed by atoms with van der Waals surface area (Å²) in [4.78, 5) is 25.3. The van der Waals surface area contributed by atoms with Crippen LogP contribution in [0.15, 0.2) is 71.4 Å². The van der Waals surface area contributed by atoms with E-state index in [1.165, 1.54) is 0 Å². The highest BCUT2D eigenvalue weighted by Crippen LogP contribution is 2.32. The largest absolute Gasteiger partial charge is 0.497 e. The molecular formula is C26H26N2O4. The van der Waals surface area contributed by atoms with E-state index in [0.717, 1.165) is 29.0 Å². The third-order valence-electron chi connectivity index (χ3n) is 5.42. The van der Waals surface area contributed by atoms with Crippen LogP contribution >= 0.6 is 0 Å². The van der Waals surface area contributed by atoms with Crippen molar-refractivity contribution in [3.05, 3.63) is 95.0 Å². The van der Waals surface area contributed by atoms with Gasteiger partial charge in [0.2, 0.25) is 0 Å². The summed E-state index contributed by atoms with van der Waals surface area (Å²) >= 11 is 0. The molecule has 0 saturated carbocycles. The van der Waals surface area contributed by atoms with Crippen LogP contribution in [0, 0.1) is 0 Å². The molecule has 1 amide bonds. The Hall–Kier alpha value is -3.80. The van der Waals surface area contributed by atoms with Gasteiger partial charge in [-0.25, -0.2) is 0 Å². The highest BCUT2D eigenvalue weighted by atomic mass is 16.5. The van der Waals surface area contributed by atoms with E-state index in [1.807, 2.05) is 18.2 Å². The lowest BCUT2D eigenvalue weighted by atomic mass is 9.85. The van der Waals surface area contributed by atoms with Gasteiger partial charge in [0.25, 0.3) is 5.91 Å². The number of ketones is 1. The number of carbonyl (C=O) groups excluding carboxylic acids is 2. The summed E-state index contributed by atoms with van der Waals surface area (Å²) in [5, 5.41) is 6.27. The molecule has 0 unspecified atom stereocenters. The van der Waals surface area contributed by atoms with E-state index in [9.17, 15) is 9.59 Å². The number of benzene rings is 2. The molecule has 0 radical (unpaired) electrons. The second-order valence-corrected chi connectivity index (χ2v) is 8.47. The third kappa shape index (κ3) is 4.75. The molecule has 1 aliphatic rings. The zero-order valence-electron chi connectivity index (χ0n) is 18.4. The summed E-state index contributed by atoms with van der Waals surface area (Å²) in [7, 11) is 1.63. The second kappa shape index (κ2) is 8.75. The van der Waals surface area contributed by atoms with Gasteiger partial charge in [-0.15, -0.1) is 0 Å². The first-order valence-corrected chi connectivity index (χ1v) is 10.5. The summed E-state index contributed by atoms with van der Waals surface area (Å²) in [6.07, 6.45) is 4.03. The Balaban J connectivity index is 1.52. The molecule has 0 atom stereocenters. The number of nitrogens with one attached hydrogen (secondary N) is 2. The monoisotopic (exact) mass is 430 g/mol. The van der Waals surface area contributed by atoms with Gasteiger partial charge in [0.15, 0.2) is 5.78 Å². The van der Waals surface area contributed by atoms with Crippen LogP contribution in [0.2, 0.25) is 0 Å². The van der Waals surface area contributed by atoms with E-state index in [1.54, 1.807) is 55.8 Å². The molecule has 6 heteroatoms. The number of allylic oxidation sites excluding steroid dienone is 1. The number of ether oxygens (including phenoxy) is 1. The van der Waals surface area contributed by atoms with Gasteiger partial charge in [-0.3, -0.25) is 9.59 Å². The standard InChI is InChI=1S/C26H26N2O4/c1-26(2)15-19-10-11-20(31-3)13-22(19)23(28-26)14-24(29)17-6-8-18(9-7-17)25(30)27-16-21-5-4-12-32-21/h4-14,28H,15-16H2,1-3H3,(H,27,30)/b23-14-. The predicted octanol–water partition coefficient (Wildman–Crippen LogP) is 4.37. The Morgan fingerprint density at radius 3 is 2.56 bits per heavy atom. The van der Waals surface area contributed by atoms with E-state index in [2.05, 4.69) is 24.5 Å². The fourth-order valence-electron chi connectivity index (χ4n) is 3.84. The first kappa shape index (κ1) is 21.4. The molecule has 1 aliphatic heterocycles. The van der Waals surface area contributed by atoms with Gasteiger partial charge >= 0.3 is 0 Å². The van der Waals surface area contributed by atoms with Crippen molar-refractivity contribution in [2.45, 2.75) is 32.4 Å². The maximum Gasteiger partial charge on any atom is 0.251 e. The average Bonchev–Trinajstić information content (AvgIpc) is 3.30. The van der Waals surface area contributed by atoms with Crippen LogP contribution in [0.5, 0.6) is 5.75 Å². The van der Waals surface area contributed by atoms with Crippen molar-refractivity contribution >= 4 is 17.4 Å². The van der Waals surface area contributed by atoms with Gasteiger partial charge < -0.3 is 19.8 Å². The average molecular weight is 431 g/mol. The van der Waals surface area contributed by atoms with Crippen molar-refractivity contribution in [3.8, 4) is 5.75 Å². The SMILES string of the molecule is COc1ccc2c(c1)/C(=C/C(=O)c1ccc(C(=O)NCc3ccco3)cc1)NC(C)(C)C2. The molecule has 2 N–H and O–H groups in total. The van der Waals surface area contributed by atoms with Gasteiger partial charge in [-0.2, -0.15) is 0 Å². The van der Waals surface area contributed by atoms with Gasteiger partial charge in [0.05, 0.1) is 19.9 Å². The van der Waals surface area contributed by atoms with Crippen molar-refractivity contribution in [1.82, 2.24) is 10.6 Å². The van der Waals surface area contributed by atoms with Crippen molar-refractivity contribution in [3.63, 3.8) is 0 Å². The number of carbonyl (C=O) groups is 2. The summed E-state index contributed by atoms with van der Waals surface area (Å²) in [5.74, 6) is 1.06. The predicted molar refractivity (Wildman–Crippen MR) is 123 cm³/mol. The number of furan rings is 1. The zero-order valence-corrected chi connectivity index (χ0v) is 18.4. The molecule has 1 aromatic heterocycles. The smallest absolute Gasteiger partial charge is 0.251 e. The van der Waals surface area contributed by atoms with Crippen molar-refractivity contribution < 1.29 is 18.7 Å². The molecule has 0 aliphatic carbocycles. The minimum absolute atomic E-state index is 0.137.